The van der Waals surface area contributed by atoms with Crippen LogP contribution < -0.4 is 15.4 Å². The second-order valence-electron chi connectivity index (χ2n) is 3.99. The molecule has 0 unspecified atom stereocenters. The Hall–Kier alpha value is -1.26. The van der Waals surface area contributed by atoms with Gasteiger partial charge in [0.1, 0.15) is 5.75 Å². The van der Waals surface area contributed by atoms with Gasteiger partial charge in [0.25, 0.3) is 5.91 Å². The topological polar surface area (TPSA) is 50.4 Å². The molecule has 0 spiro atoms. The quantitative estimate of drug-likeness (QED) is 0.721. The Balaban J connectivity index is 0.00000324. The molecule has 0 aliphatic rings. The van der Waals surface area contributed by atoms with Crippen molar-refractivity contribution < 1.29 is 9.53 Å². The lowest BCUT2D eigenvalue weighted by atomic mass is 10.2. The molecule has 2 N–H and O–H groups in total. The number of benzene rings is 1. The number of halogens is 1. The van der Waals surface area contributed by atoms with E-state index in [2.05, 4.69) is 17.6 Å². The van der Waals surface area contributed by atoms with Crippen LogP contribution in [0.5, 0.6) is 5.75 Å². The molecule has 1 amide bonds. The van der Waals surface area contributed by atoms with Crippen molar-refractivity contribution in [2.75, 3.05) is 26.2 Å². The van der Waals surface area contributed by atoms with Gasteiger partial charge in [0.15, 0.2) is 0 Å². The van der Waals surface area contributed by atoms with E-state index >= 15 is 0 Å². The van der Waals surface area contributed by atoms with Gasteiger partial charge in [-0.2, -0.15) is 0 Å². The lowest BCUT2D eigenvalue weighted by Crippen LogP contribution is -2.31. The third kappa shape index (κ3) is 7.03. The minimum atomic E-state index is -0.0603. The normalized spacial score (nSPS) is 9.58. The SMILES string of the molecule is CCCOc1cccc(C(=O)NCCNCC)c1.Cl. The maximum atomic E-state index is 11.8. The van der Waals surface area contributed by atoms with E-state index < -0.39 is 0 Å². The molecule has 0 heterocycles. The van der Waals surface area contributed by atoms with E-state index in [1.54, 1.807) is 12.1 Å². The standard InChI is InChI=1S/C14H22N2O2.ClH/c1-3-10-18-13-7-5-6-12(11-13)14(17)16-9-8-15-4-2;/h5-7,11,15H,3-4,8-10H2,1-2H3,(H,16,17);1H. The average molecular weight is 287 g/mol. The molecule has 0 saturated heterocycles. The molecular formula is C14H23ClN2O2. The Kier molecular flexibility index (Phi) is 9.94. The first-order valence-electron chi connectivity index (χ1n) is 6.49. The second kappa shape index (κ2) is 10.6. The average Bonchev–Trinajstić information content (AvgIpc) is 2.41. The van der Waals surface area contributed by atoms with Gasteiger partial charge in [0.2, 0.25) is 0 Å². The Morgan fingerprint density at radius 2 is 2.05 bits per heavy atom. The third-order valence-corrected chi connectivity index (χ3v) is 2.41. The van der Waals surface area contributed by atoms with Gasteiger partial charge >= 0.3 is 0 Å². The highest BCUT2D eigenvalue weighted by atomic mass is 35.5. The van der Waals surface area contributed by atoms with Gasteiger partial charge in [-0.15, -0.1) is 12.4 Å². The first-order chi connectivity index (χ1) is 8.77. The van der Waals surface area contributed by atoms with Gasteiger partial charge in [-0.3, -0.25) is 4.79 Å². The van der Waals surface area contributed by atoms with Crippen LogP contribution in [0.3, 0.4) is 0 Å². The first-order valence-corrected chi connectivity index (χ1v) is 6.49. The van der Waals surface area contributed by atoms with Crippen molar-refractivity contribution in [1.82, 2.24) is 10.6 Å². The highest BCUT2D eigenvalue weighted by molar-refractivity contribution is 5.94. The van der Waals surface area contributed by atoms with Gasteiger partial charge in [-0.25, -0.2) is 0 Å². The number of rotatable bonds is 8. The molecule has 0 aromatic heterocycles. The van der Waals surface area contributed by atoms with E-state index in [0.717, 1.165) is 25.3 Å². The van der Waals surface area contributed by atoms with Crippen molar-refractivity contribution in [1.29, 1.82) is 0 Å². The number of hydrogen-bond donors (Lipinski definition) is 2. The first kappa shape index (κ1) is 17.7. The zero-order chi connectivity index (χ0) is 13.2. The Bertz CT molecular complexity index is 372. The summed E-state index contributed by atoms with van der Waals surface area (Å²) in [4.78, 5) is 11.8. The monoisotopic (exact) mass is 286 g/mol. The minimum absolute atomic E-state index is 0. The van der Waals surface area contributed by atoms with Crippen molar-refractivity contribution in [3.63, 3.8) is 0 Å². The molecule has 0 radical (unpaired) electrons. The third-order valence-electron chi connectivity index (χ3n) is 2.41. The Morgan fingerprint density at radius 3 is 2.74 bits per heavy atom. The summed E-state index contributed by atoms with van der Waals surface area (Å²) in [6.45, 7) is 7.09. The highest BCUT2D eigenvalue weighted by Gasteiger charge is 2.05. The Morgan fingerprint density at radius 1 is 1.26 bits per heavy atom. The summed E-state index contributed by atoms with van der Waals surface area (Å²) in [7, 11) is 0. The summed E-state index contributed by atoms with van der Waals surface area (Å²) in [5.74, 6) is 0.686. The van der Waals surface area contributed by atoms with Gasteiger partial charge in [-0.1, -0.05) is 19.9 Å². The van der Waals surface area contributed by atoms with Gasteiger partial charge < -0.3 is 15.4 Å². The molecule has 4 nitrogen and oxygen atoms in total. The van der Waals surface area contributed by atoms with Crippen molar-refractivity contribution >= 4 is 18.3 Å². The number of amides is 1. The number of likely N-dealkylation sites (N-methyl/N-ethyl adjacent to an activating group) is 1. The fourth-order valence-electron chi connectivity index (χ4n) is 1.49. The summed E-state index contributed by atoms with van der Waals surface area (Å²) in [5, 5.41) is 6.02. The fraction of sp³-hybridized carbons (Fsp3) is 0.500. The van der Waals surface area contributed by atoms with Crippen LogP contribution in [0.2, 0.25) is 0 Å². The van der Waals surface area contributed by atoms with Crippen LogP contribution in [0.1, 0.15) is 30.6 Å². The number of carbonyl (C=O) groups excluding carboxylic acids is 1. The van der Waals surface area contributed by atoms with E-state index in [0.29, 0.717) is 18.7 Å². The van der Waals surface area contributed by atoms with Crippen LogP contribution in [0.15, 0.2) is 24.3 Å². The molecule has 0 saturated carbocycles. The van der Waals surface area contributed by atoms with Crippen LogP contribution in [0, 0.1) is 0 Å². The maximum Gasteiger partial charge on any atom is 0.251 e. The molecular weight excluding hydrogens is 264 g/mol. The van der Waals surface area contributed by atoms with E-state index in [-0.39, 0.29) is 18.3 Å². The molecule has 0 aliphatic carbocycles. The van der Waals surface area contributed by atoms with Gasteiger partial charge in [0, 0.05) is 18.7 Å². The van der Waals surface area contributed by atoms with Crippen LogP contribution in [-0.2, 0) is 0 Å². The van der Waals surface area contributed by atoms with E-state index in [9.17, 15) is 4.79 Å². The smallest absolute Gasteiger partial charge is 0.251 e. The summed E-state index contributed by atoms with van der Waals surface area (Å²) in [6.07, 6.45) is 0.957. The Labute approximate surface area is 121 Å². The summed E-state index contributed by atoms with van der Waals surface area (Å²) in [6, 6.07) is 7.27. The highest BCUT2D eigenvalue weighted by Crippen LogP contribution is 2.13. The predicted octanol–water partition coefficient (Wildman–Crippen LogP) is 2.24. The second-order valence-corrected chi connectivity index (χ2v) is 3.99. The van der Waals surface area contributed by atoms with Gasteiger partial charge in [-0.05, 0) is 31.2 Å². The lowest BCUT2D eigenvalue weighted by molar-refractivity contribution is 0.0953. The molecule has 1 aromatic carbocycles. The molecule has 1 aromatic rings. The lowest BCUT2D eigenvalue weighted by Gasteiger charge is -2.08. The van der Waals surface area contributed by atoms with Crippen LogP contribution in [0.4, 0.5) is 0 Å². The minimum Gasteiger partial charge on any atom is -0.494 e. The number of hydrogen-bond acceptors (Lipinski definition) is 3. The molecule has 0 bridgehead atoms. The van der Waals surface area contributed by atoms with E-state index in [4.69, 9.17) is 4.74 Å². The molecule has 0 atom stereocenters. The molecule has 0 fully saturated rings. The van der Waals surface area contributed by atoms with Crippen molar-refractivity contribution in [3.8, 4) is 5.75 Å². The summed E-state index contributed by atoms with van der Waals surface area (Å²) >= 11 is 0. The van der Waals surface area contributed by atoms with E-state index in [1.165, 1.54) is 0 Å². The summed E-state index contributed by atoms with van der Waals surface area (Å²) < 4.78 is 5.50. The predicted molar refractivity (Wildman–Crippen MR) is 80.4 cm³/mol. The van der Waals surface area contributed by atoms with Crippen molar-refractivity contribution in [2.45, 2.75) is 20.3 Å². The molecule has 108 valence electrons. The summed E-state index contributed by atoms with van der Waals surface area (Å²) in [5.41, 5.74) is 0.639. The number of carbonyl (C=O) groups is 1. The molecule has 0 aliphatic heterocycles. The van der Waals surface area contributed by atoms with E-state index in [1.807, 2.05) is 19.1 Å². The number of ether oxygens (including phenoxy) is 1. The largest absolute Gasteiger partial charge is 0.494 e. The van der Waals surface area contributed by atoms with Crippen LogP contribution in [-0.4, -0.2) is 32.1 Å². The maximum absolute atomic E-state index is 11.8. The zero-order valence-corrected chi connectivity index (χ0v) is 12.4. The van der Waals surface area contributed by atoms with Crippen LogP contribution >= 0.6 is 12.4 Å². The zero-order valence-electron chi connectivity index (χ0n) is 11.6. The van der Waals surface area contributed by atoms with Crippen LogP contribution in [0.25, 0.3) is 0 Å². The number of nitrogens with one attached hydrogen (secondary N) is 2. The van der Waals surface area contributed by atoms with Gasteiger partial charge in [0.05, 0.1) is 6.61 Å². The molecule has 19 heavy (non-hydrogen) atoms. The molecule has 5 heteroatoms. The molecule has 1 rings (SSSR count). The fourth-order valence-corrected chi connectivity index (χ4v) is 1.49. The van der Waals surface area contributed by atoms with Crippen molar-refractivity contribution in [3.05, 3.63) is 29.8 Å². The van der Waals surface area contributed by atoms with Crippen molar-refractivity contribution in [2.24, 2.45) is 0 Å².